The van der Waals surface area contributed by atoms with Crippen LogP contribution in [0.15, 0.2) is 48.6 Å². The first-order valence-electron chi connectivity index (χ1n) is 37.1. The van der Waals surface area contributed by atoms with Gasteiger partial charge in [0.1, 0.15) is 13.2 Å². The Morgan fingerprint density at radius 3 is 0.735 bits per heavy atom. The molecule has 0 heterocycles. The predicted octanol–water partition coefficient (Wildman–Crippen LogP) is 25.7. The predicted molar refractivity (Wildman–Crippen MR) is 362 cm³/mol. The highest BCUT2D eigenvalue weighted by Crippen LogP contribution is 2.19. The average molecular weight is 1160 g/mol. The van der Waals surface area contributed by atoms with Gasteiger partial charge in [-0.1, -0.05) is 378 Å². The van der Waals surface area contributed by atoms with Crippen LogP contribution in [-0.4, -0.2) is 37.2 Å². The van der Waals surface area contributed by atoms with Crippen molar-refractivity contribution in [2.45, 2.75) is 412 Å². The molecular weight excluding hydrogens is 1020 g/mol. The van der Waals surface area contributed by atoms with Crippen LogP contribution in [0.2, 0.25) is 0 Å². The number of ether oxygens (including phenoxy) is 3. The first-order valence-corrected chi connectivity index (χ1v) is 37.1. The topological polar surface area (TPSA) is 78.9 Å². The van der Waals surface area contributed by atoms with E-state index in [0.29, 0.717) is 19.3 Å². The Kier molecular flexibility index (Phi) is 69.6. The van der Waals surface area contributed by atoms with Crippen LogP contribution in [0.5, 0.6) is 0 Å². The van der Waals surface area contributed by atoms with E-state index >= 15 is 0 Å². The number of carbonyl (C=O) groups is 3. The van der Waals surface area contributed by atoms with Gasteiger partial charge in [0.25, 0.3) is 0 Å². The van der Waals surface area contributed by atoms with E-state index in [9.17, 15) is 14.4 Å². The van der Waals surface area contributed by atoms with Crippen molar-refractivity contribution in [1.29, 1.82) is 0 Å². The summed E-state index contributed by atoms with van der Waals surface area (Å²) in [5.41, 5.74) is 0. The third-order valence-corrected chi connectivity index (χ3v) is 16.8. The van der Waals surface area contributed by atoms with Crippen LogP contribution < -0.4 is 0 Å². The van der Waals surface area contributed by atoms with Gasteiger partial charge in [-0.15, -0.1) is 0 Å². The number of hydrogen-bond acceptors (Lipinski definition) is 6. The van der Waals surface area contributed by atoms with E-state index in [-0.39, 0.29) is 31.1 Å². The fraction of sp³-hybridized carbons (Fsp3) is 0.857. The monoisotopic (exact) mass is 1160 g/mol. The fourth-order valence-electron chi connectivity index (χ4n) is 11.3. The molecule has 6 heteroatoms. The lowest BCUT2D eigenvalue weighted by atomic mass is 10.0. The molecule has 0 aliphatic rings. The maximum absolute atomic E-state index is 13.0. The molecule has 486 valence electrons. The van der Waals surface area contributed by atoms with Gasteiger partial charge in [-0.2, -0.15) is 0 Å². The number of esters is 3. The Morgan fingerprint density at radius 2 is 0.470 bits per heavy atom. The van der Waals surface area contributed by atoms with Gasteiger partial charge in [-0.3, -0.25) is 14.4 Å². The molecule has 0 saturated carbocycles. The number of carbonyl (C=O) groups excluding carboxylic acids is 3. The standard InChI is InChI=1S/C77H142O6/c1-4-7-10-13-16-19-22-25-28-30-32-33-34-35-36-37-38-39-40-41-42-43-45-46-49-52-55-58-61-64-67-70-76(79)82-73-74(72-81-75(78)69-66-63-60-57-54-51-48-27-24-21-18-15-12-9-6-3)83-77(80)71-68-65-62-59-56-53-50-47-44-31-29-26-23-20-17-14-11-8-5-2/h8,11,17,20,26,29,44,47,74H,4-7,9-10,12-16,18-19,21-25,27-28,30-43,45-46,48-73H2,1-3H3/b11-8-,20-17-,29-26-,47-44-. The summed E-state index contributed by atoms with van der Waals surface area (Å²) < 4.78 is 17.0. The summed E-state index contributed by atoms with van der Waals surface area (Å²) in [6, 6.07) is 0. The molecule has 0 rings (SSSR count). The smallest absolute Gasteiger partial charge is 0.306 e. The van der Waals surface area contributed by atoms with Crippen molar-refractivity contribution < 1.29 is 28.6 Å². The Labute approximate surface area is 518 Å². The lowest BCUT2D eigenvalue weighted by Crippen LogP contribution is -2.30. The summed E-state index contributed by atoms with van der Waals surface area (Å²) in [5.74, 6) is -0.858. The molecule has 0 bridgehead atoms. The van der Waals surface area contributed by atoms with Crippen LogP contribution in [0, 0.1) is 0 Å². The van der Waals surface area contributed by atoms with Crippen LogP contribution in [0.25, 0.3) is 0 Å². The number of allylic oxidation sites excluding steroid dienone is 8. The van der Waals surface area contributed by atoms with E-state index in [1.165, 1.54) is 270 Å². The molecule has 0 aromatic rings. The lowest BCUT2D eigenvalue weighted by Gasteiger charge is -2.18. The first-order chi connectivity index (χ1) is 41.0. The molecule has 0 aromatic heterocycles. The van der Waals surface area contributed by atoms with Crippen LogP contribution in [0.1, 0.15) is 406 Å². The fourth-order valence-corrected chi connectivity index (χ4v) is 11.3. The quantitative estimate of drug-likeness (QED) is 0.0261. The highest BCUT2D eigenvalue weighted by Gasteiger charge is 2.20. The third kappa shape index (κ3) is 70.0. The molecule has 0 aromatic carbocycles. The second kappa shape index (κ2) is 71.8. The number of rotatable bonds is 69. The maximum Gasteiger partial charge on any atom is 0.306 e. The van der Waals surface area contributed by atoms with E-state index in [0.717, 1.165) is 96.3 Å². The molecule has 0 aliphatic heterocycles. The van der Waals surface area contributed by atoms with Crippen molar-refractivity contribution in [2.24, 2.45) is 0 Å². The Hall–Kier alpha value is -2.63. The second-order valence-corrected chi connectivity index (χ2v) is 25.2. The zero-order valence-electron chi connectivity index (χ0n) is 56.0. The summed E-state index contributed by atoms with van der Waals surface area (Å²) in [4.78, 5) is 38.5. The summed E-state index contributed by atoms with van der Waals surface area (Å²) in [7, 11) is 0. The molecule has 6 nitrogen and oxygen atoms in total. The number of hydrogen-bond donors (Lipinski definition) is 0. The van der Waals surface area contributed by atoms with Gasteiger partial charge >= 0.3 is 17.9 Å². The van der Waals surface area contributed by atoms with Crippen LogP contribution in [-0.2, 0) is 28.6 Å². The molecule has 0 fully saturated rings. The van der Waals surface area contributed by atoms with Crippen molar-refractivity contribution in [3.63, 3.8) is 0 Å². The van der Waals surface area contributed by atoms with Crippen molar-refractivity contribution in [2.75, 3.05) is 13.2 Å². The molecule has 0 amide bonds. The van der Waals surface area contributed by atoms with Gasteiger partial charge in [0.05, 0.1) is 0 Å². The van der Waals surface area contributed by atoms with Gasteiger partial charge in [0, 0.05) is 19.3 Å². The van der Waals surface area contributed by atoms with Gasteiger partial charge in [0.15, 0.2) is 6.10 Å². The minimum Gasteiger partial charge on any atom is -0.462 e. The van der Waals surface area contributed by atoms with E-state index < -0.39 is 6.10 Å². The van der Waals surface area contributed by atoms with Gasteiger partial charge in [-0.25, -0.2) is 0 Å². The third-order valence-electron chi connectivity index (χ3n) is 16.8. The van der Waals surface area contributed by atoms with Crippen LogP contribution in [0.3, 0.4) is 0 Å². The highest BCUT2D eigenvalue weighted by molar-refractivity contribution is 5.71. The molecule has 1 unspecified atom stereocenters. The zero-order valence-corrected chi connectivity index (χ0v) is 56.0. The first kappa shape index (κ1) is 80.4. The Balaban J connectivity index is 4.19. The summed E-state index contributed by atoms with van der Waals surface area (Å²) in [5, 5.41) is 0. The van der Waals surface area contributed by atoms with Crippen molar-refractivity contribution in [3.8, 4) is 0 Å². The lowest BCUT2D eigenvalue weighted by molar-refractivity contribution is -0.167. The molecule has 0 spiro atoms. The van der Waals surface area contributed by atoms with Crippen molar-refractivity contribution in [1.82, 2.24) is 0 Å². The van der Waals surface area contributed by atoms with Gasteiger partial charge < -0.3 is 14.2 Å². The van der Waals surface area contributed by atoms with E-state index in [4.69, 9.17) is 14.2 Å². The van der Waals surface area contributed by atoms with Gasteiger partial charge in [0.2, 0.25) is 0 Å². The highest BCUT2D eigenvalue weighted by atomic mass is 16.6. The van der Waals surface area contributed by atoms with Crippen LogP contribution in [0.4, 0.5) is 0 Å². The molecule has 0 aliphatic carbocycles. The SMILES string of the molecule is CC/C=C\C/C=C\C/C=C\C/C=C\CCCCCCCCC(=O)OC(COC(=O)CCCCCCCCCCCCCCCCC)COC(=O)CCCCCCCCCCCCCCCCCCCCCCCCCCCCCCCCC. The summed E-state index contributed by atoms with van der Waals surface area (Å²) in [6.07, 6.45) is 91.6. The molecule has 83 heavy (non-hydrogen) atoms. The van der Waals surface area contributed by atoms with Crippen molar-refractivity contribution >= 4 is 17.9 Å². The van der Waals surface area contributed by atoms with E-state index in [2.05, 4.69) is 69.4 Å². The van der Waals surface area contributed by atoms with E-state index in [1.807, 2.05) is 0 Å². The van der Waals surface area contributed by atoms with Crippen molar-refractivity contribution in [3.05, 3.63) is 48.6 Å². The van der Waals surface area contributed by atoms with Crippen LogP contribution >= 0.6 is 0 Å². The largest absolute Gasteiger partial charge is 0.462 e. The zero-order chi connectivity index (χ0) is 59.9. The summed E-state index contributed by atoms with van der Waals surface area (Å²) >= 11 is 0. The minimum absolute atomic E-state index is 0.0737. The number of unbranched alkanes of at least 4 members (excludes halogenated alkanes) is 50. The average Bonchev–Trinajstić information content (AvgIpc) is 3.49. The molecule has 1 atom stereocenters. The van der Waals surface area contributed by atoms with E-state index in [1.54, 1.807) is 0 Å². The molecule has 0 radical (unpaired) electrons. The molecule has 0 N–H and O–H groups in total. The normalized spacial score (nSPS) is 12.3. The molecular formula is C77H142O6. The Bertz CT molecular complexity index is 1430. The maximum atomic E-state index is 13.0. The molecule has 0 saturated heterocycles. The minimum atomic E-state index is -0.780. The second-order valence-electron chi connectivity index (χ2n) is 25.2. The Morgan fingerprint density at radius 1 is 0.253 bits per heavy atom. The van der Waals surface area contributed by atoms with Gasteiger partial charge in [-0.05, 0) is 57.8 Å². The summed E-state index contributed by atoms with van der Waals surface area (Å²) in [6.45, 7) is 6.59.